The van der Waals surface area contributed by atoms with Crippen LogP contribution < -0.4 is 10.6 Å². The van der Waals surface area contributed by atoms with Crippen LogP contribution in [0.3, 0.4) is 0 Å². The maximum Gasteiger partial charge on any atom is 0.0618 e. The van der Waals surface area contributed by atoms with Crippen molar-refractivity contribution >= 4 is 23.0 Å². The van der Waals surface area contributed by atoms with Crippen molar-refractivity contribution in [2.75, 3.05) is 23.8 Å². The minimum absolute atomic E-state index is 0.114. The van der Waals surface area contributed by atoms with Crippen LogP contribution in [-0.4, -0.2) is 24.3 Å². The number of hydrogen-bond donors (Lipinski definition) is 2. The molecule has 0 spiro atoms. The van der Waals surface area contributed by atoms with Gasteiger partial charge in [0.25, 0.3) is 0 Å². The molecule has 0 aliphatic rings. The summed E-state index contributed by atoms with van der Waals surface area (Å²) in [6.45, 7) is 4.97. The van der Waals surface area contributed by atoms with Crippen molar-refractivity contribution in [1.82, 2.24) is 0 Å². The van der Waals surface area contributed by atoms with Gasteiger partial charge in [-0.05, 0) is 31.0 Å². The van der Waals surface area contributed by atoms with Crippen LogP contribution in [0.1, 0.15) is 26.7 Å². The van der Waals surface area contributed by atoms with Crippen LogP contribution in [0.2, 0.25) is 5.02 Å². The van der Waals surface area contributed by atoms with Crippen LogP contribution >= 0.6 is 11.6 Å². The summed E-state index contributed by atoms with van der Waals surface area (Å²) in [5.74, 6) is 0. The molecule has 1 aromatic carbocycles. The molecule has 0 aromatic heterocycles. The number of anilines is 2. The highest BCUT2D eigenvalue weighted by molar-refractivity contribution is 6.31. The van der Waals surface area contributed by atoms with Crippen LogP contribution in [0.4, 0.5) is 11.4 Å². The largest absolute Gasteiger partial charge is 0.397 e. The number of aliphatic hydroxyl groups is 1. The summed E-state index contributed by atoms with van der Waals surface area (Å²) in [7, 11) is 0. The summed E-state index contributed by atoms with van der Waals surface area (Å²) in [4.78, 5) is 2.14. The van der Waals surface area contributed by atoms with E-state index in [2.05, 4.69) is 18.7 Å². The number of nitrogen functional groups attached to an aromatic ring is 1. The molecule has 0 bridgehead atoms. The molecule has 0 saturated carbocycles. The second kappa shape index (κ2) is 6.72. The molecule has 0 aliphatic carbocycles. The van der Waals surface area contributed by atoms with Gasteiger partial charge in [0.05, 0.1) is 18.0 Å². The number of hydrogen-bond acceptors (Lipinski definition) is 3. The summed E-state index contributed by atoms with van der Waals surface area (Å²) in [6.07, 6.45) is 2.03. The Morgan fingerprint density at radius 3 is 2.53 bits per heavy atom. The smallest absolute Gasteiger partial charge is 0.0618 e. The fraction of sp³-hybridized carbons (Fsp3) is 0.538. The number of rotatable bonds is 6. The number of nitrogens with zero attached hydrogens (tertiary/aromatic N) is 1. The van der Waals surface area contributed by atoms with Gasteiger partial charge in [-0.3, -0.25) is 0 Å². The first-order valence-electron chi connectivity index (χ1n) is 6.06. The van der Waals surface area contributed by atoms with Crippen molar-refractivity contribution in [2.24, 2.45) is 0 Å². The normalized spacial score (nSPS) is 10.9. The highest BCUT2D eigenvalue weighted by Crippen LogP contribution is 2.29. The lowest BCUT2D eigenvalue weighted by Crippen LogP contribution is -2.37. The van der Waals surface area contributed by atoms with E-state index in [9.17, 15) is 5.11 Å². The SMILES string of the molecule is CCC(CC)N(CCO)c1cc(Cl)ccc1N. The molecule has 3 N–H and O–H groups in total. The Morgan fingerprint density at radius 2 is 2.00 bits per heavy atom. The molecule has 4 heteroatoms. The molecule has 0 radical (unpaired) electrons. The Morgan fingerprint density at radius 1 is 1.35 bits per heavy atom. The Labute approximate surface area is 108 Å². The van der Waals surface area contributed by atoms with Crippen molar-refractivity contribution in [3.05, 3.63) is 23.2 Å². The molecule has 0 aliphatic heterocycles. The molecule has 17 heavy (non-hydrogen) atoms. The molecule has 0 fully saturated rings. The first kappa shape index (κ1) is 14.1. The van der Waals surface area contributed by atoms with E-state index in [1.807, 2.05) is 12.1 Å². The zero-order valence-electron chi connectivity index (χ0n) is 10.5. The number of aliphatic hydroxyl groups excluding tert-OH is 1. The summed E-state index contributed by atoms with van der Waals surface area (Å²) in [6, 6.07) is 5.84. The summed E-state index contributed by atoms with van der Waals surface area (Å²) in [5.41, 5.74) is 7.61. The second-order valence-electron chi connectivity index (χ2n) is 4.09. The number of benzene rings is 1. The van der Waals surface area contributed by atoms with Crippen LogP contribution in [0.15, 0.2) is 18.2 Å². The van der Waals surface area contributed by atoms with E-state index < -0.39 is 0 Å². The fourth-order valence-electron chi connectivity index (χ4n) is 2.10. The first-order chi connectivity index (χ1) is 8.13. The minimum atomic E-state index is 0.114. The Kier molecular flexibility index (Phi) is 5.59. The molecule has 0 heterocycles. The van der Waals surface area contributed by atoms with E-state index >= 15 is 0 Å². The zero-order chi connectivity index (χ0) is 12.8. The van der Waals surface area contributed by atoms with Crippen LogP contribution in [0.5, 0.6) is 0 Å². The summed E-state index contributed by atoms with van der Waals surface area (Å²) < 4.78 is 0. The van der Waals surface area contributed by atoms with E-state index in [0.29, 0.717) is 23.3 Å². The maximum absolute atomic E-state index is 9.18. The summed E-state index contributed by atoms with van der Waals surface area (Å²) in [5, 5.41) is 9.85. The van der Waals surface area contributed by atoms with Gasteiger partial charge in [0.1, 0.15) is 0 Å². The van der Waals surface area contributed by atoms with Gasteiger partial charge in [0.2, 0.25) is 0 Å². The van der Waals surface area contributed by atoms with Gasteiger partial charge in [-0.15, -0.1) is 0 Å². The monoisotopic (exact) mass is 256 g/mol. The van der Waals surface area contributed by atoms with E-state index in [1.54, 1.807) is 6.07 Å². The molecule has 0 amide bonds. The fourth-order valence-corrected chi connectivity index (χ4v) is 2.27. The van der Waals surface area contributed by atoms with Gasteiger partial charge in [-0.1, -0.05) is 25.4 Å². The Bertz CT molecular complexity index is 353. The molecule has 1 aromatic rings. The van der Waals surface area contributed by atoms with Gasteiger partial charge in [-0.25, -0.2) is 0 Å². The van der Waals surface area contributed by atoms with Crippen LogP contribution in [-0.2, 0) is 0 Å². The first-order valence-corrected chi connectivity index (χ1v) is 6.44. The predicted molar refractivity (Wildman–Crippen MR) is 74.7 cm³/mol. The lowest BCUT2D eigenvalue weighted by atomic mass is 10.1. The molecule has 96 valence electrons. The van der Waals surface area contributed by atoms with Gasteiger partial charge in [-0.2, -0.15) is 0 Å². The van der Waals surface area contributed by atoms with Crippen molar-refractivity contribution in [1.29, 1.82) is 0 Å². The summed E-state index contributed by atoms with van der Waals surface area (Å²) >= 11 is 6.01. The molecule has 1 rings (SSSR count). The second-order valence-corrected chi connectivity index (χ2v) is 4.53. The minimum Gasteiger partial charge on any atom is -0.397 e. The predicted octanol–water partition coefficient (Wildman–Crippen LogP) is 2.91. The molecule has 0 atom stereocenters. The van der Waals surface area contributed by atoms with Crippen molar-refractivity contribution in [3.8, 4) is 0 Å². The topological polar surface area (TPSA) is 49.5 Å². The number of nitrogens with two attached hydrogens (primary N) is 1. The third kappa shape index (κ3) is 3.51. The van der Waals surface area contributed by atoms with E-state index in [0.717, 1.165) is 18.5 Å². The molecular weight excluding hydrogens is 236 g/mol. The van der Waals surface area contributed by atoms with Gasteiger partial charge >= 0.3 is 0 Å². The standard InChI is InChI=1S/C13H21ClN2O/c1-3-11(4-2)16(7-8-17)13-9-10(14)5-6-12(13)15/h5-6,9,11,17H,3-4,7-8,15H2,1-2H3. The lowest BCUT2D eigenvalue weighted by Gasteiger charge is -2.33. The maximum atomic E-state index is 9.18. The molecular formula is C13H21ClN2O. The zero-order valence-corrected chi connectivity index (χ0v) is 11.2. The molecule has 0 unspecified atom stereocenters. The Balaban J connectivity index is 3.07. The van der Waals surface area contributed by atoms with Crippen molar-refractivity contribution in [2.45, 2.75) is 32.7 Å². The highest BCUT2D eigenvalue weighted by Gasteiger charge is 2.17. The third-order valence-corrected chi connectivity index (χ3v) is 3.26. The van der Waals surface area contributed by atoms with Gasteiger partial charge in [0.15, 0.2) is 0 Å². The van der Waals surface area contributed by atoms with E-state index in [4.69, 9.17) is 17.3 Å². The molecule has 0 saturated heterocycles. The van der Waals surface area contributed by atoms with Crippen molar-refractivity contribution < 1.29 is 5.11 Å². The third-order valence-electron chi connectivity index (χ3n) is 3.03. The van der Waals surface area contributed by atoms with E-state index in [1.165, 1.54) is 0 Å². The highest BCUT2D eigenvalue weighted by atomic mass is 35.5. The van der Waals surface area contributed by atoms with Crippen LogP contribution in [0, 0.1) is 0 Å². The van der Waals surface area contributed by atoms with Gasteiger partial charge in [0, 0.05) is 17.6 Å². The lowest BCUT2D eigenvalue weighted by molar-refractivity contribution is 0.296. The Hall–Kier alpha value is -0.930. The van der Waals surface area contributed by atoms with E-state index in [-0.39, 0.29) is 6.61 Å². The van der Waals surface area contributed by atoms with Crippen LogP contribution in [0.25, 0.3) is 0 Å². The van der Waals surface area contributed by atoms with Gasteiger partial charge < -0.3 is 15.7 Å². The molecule has 3 nitrogen and oxygen atoms in total. The quantitative estimate of drug-likeness (QED) is 0.770. The van der Waals surface area contributed by atoms with Crippen molar-refractivity contribution in [3.63, 3.8) is 0 Å². The average Bonchev–Trinajstić information content (AvgIpc) is 2.33. The average molecular weight is 257 g/mol. The number of halogens is 1.